The van der Waals surface area contributed by atoms with Crippen molar-refractivity contribution in [1.29, 1.82) is 0 Å². The molecule has 3 heterocycles. The molecule has 2 aliphatic rings. The van der Waals surface area contributed by atoms with E-state index in [0.717, 1.165) is 38.3 Å². The predicted octanol–water partition coefficient (Wildman–Crippen LogP) is 1.28. The summed E-state index contributed by atoms with van der Waals surface area (Å²) in [6.45, 7) is 6.38. The Morgan fingerprint density at radius 2 is 2.04 bits per heavy atom. The molecule has 4 rings (SSSR count). The number of aromatic nitrogens is 2. The van der Waals surface area contributed by atoms with Gasteiger partial charge in [-0.3, -0.25) is 9.69 Å². The molecule has 1 amide bonds. The number of rotatable bonds is 5. The maximum Gasteiger partial charge on any atom is 0.276 e. The van der Waals surface area contributed by atoms with Crippen molar-refractivity contribution in [3.8, 4) is 11.6 Å². The van der Waals surface area contributed by atoms with E-state index in [9.17, 15) is 4.79 Å². The number of piperazine rings is 1. The van der Waals surface area contributed by atoms with Gasteiger partial charge < -0.3 is 19.7 Å². The van der Waals surface area contributed by atoms with Crippen molar-refractivity contribution in [2.24, 2.45) is 0 Å². The van der Waals surface area contributed by atoms with Crippen molar-refractivity contribution in [1.82, 2.24) is 19.6 Å². The molecule has 2 aliphatic heterocycles. The molecule has 0 aliphatic carbocycles. The summed E-state index contributed by atoms with van der Waals surface area (Å²) in [4.78, 5) is 17.4. The highest BCUT2D eigenvalue weighted by Crippen LogP contribution is 2.27. The Hall–Kier alpha value is -2.58. The minimum Gasteiger partial charge on any atom is -0.495 e. The predicted molar refractivity (Wildman–Crippen MR) is 101 cm³/mol. The van der Waals surface area contributed by atoms with Gasteiger partial charge in [-0.2, -0.15) is 5.10 Å². The maximum atomic E-state index is 12.6. The second-order valence-electron chi connectivity index (χ2n) is 7.01. The zero-order chi connectivity index (χ0) is 18.8. The molecule has 1 saturated heterocycles. The van der Waals surface area contributed by atoms with Crippen LogP contribution in [0.2, 0.25) is 0 Å². The first kappa shape index (κ1) is 17.8. The lowest BCUT2D eigenvalue weighted by molar-refractivity contribution is 0.102. The van der Waals surface area contributed by atoms with Gasteiger partial charge >= 0.3 is 0 Å². The van der Waals surface area contributed by atoms with Crippen LogP contribution in [0.25, 0.3) is 0 Å². The fourth-order valence-corrected chi connectivity index (χ4v) is 3.43. The average Bonchev–Trinajstić information content (AvgIpc) is 3.26. The third-order valence-corrected chi connectivity index (χ3v) is 5.04. The molecule has 0 bridgehead atoms. The van der Waals surface area contributed by atoms with Gasteiger partial charge in [0.1, 0.15) is 12.4 Å². The van der Waals surface area contributed by atoms with Crippen LogP contribution in [0.1, 0.15) is 16.1 Å². The second-order valence-corrected chi connectivity index (χ2v) is 7.01. The molecule has 0 atom stereocenters. The molecule has 1 aromatic heterocycles. The summed E-state index contributed by atoms with van der Waals surface area (Å²) in [5.74, 6) is 1.000. The topological polar surface area (TPSA) is 71.9 Å². The van der Waals surface area contributed by atoms with Crippen molar-refractivity contribution < 1.29 is 14.3 Å². The summed E-state index contributed by atoms with van der Waals surface area (Å²) in [6, 6.07) is 7.60. The van der Waals surface area contributed by atoms with Gasteiger partial charge in [0.2, 0.25) is 5.88 Å². The normalized spacial score (nSPS) is 17.4. The number of nitrogens with zero attached hydrogens (tertiary/aromatic N) is 4. The number of amides is 1. The molecule has 8 nitrogen and oxygen atoms in total. The first-order valence-corrected chi connectivity index (χ1v) is 9.22. The Labute approximate surface area is 158 Å². The molecule has 1 fully saturated rings. The number of anilines is 1. The number of carbonyl (C=O) groups excluding carboxylic acids is 1. The van der Waals surface area contributed by atoms with Gasteiger partial charge in [-0.25, -0.2) is 4.68 Å². The summed E-state index contributed by atoms with van der Waals surface area (Å²) in [5.41, 5.74) is 2.14. The number of likely N-dealkylation sites (N-methyl/N-ethyl adjacent to an activating group) is 1. The van der Waals surface area contributed by atoms with Gasteiger partial charge in [-0.1, -0.05) is 6.07 Å². The summed E-state index contributed by atoms with van der Waals surface area (Å²) in [7, 11) is 3.75. The second kappa shape index (κ2) is 7.58. The highest BCUT2D eigenvalue weighted by Gasteiger charge is 2.20. The quantitative estimate of drug-likeness (QED) is 0.854. The van der Waals surface area contributed by atoms with Crippen LogP contribution < -0.4 is 14.8 Å². The van der Waals surface area contributed by atoms with Gasteiger partial charge in [0.15, 0.2) is 5.69 Å². The van der Waals surface area contributed by atoms with Crippen LogP contribution in [0.4, 0.5) is 5.69 Å². The van der Waals surface area contributed by atoms with E-state index < -0.39 is 0 Å². The first-order chi connectivity index (χ1) is 13.1. The zero-order valence-electron chi connectivity index (χ0n) is 15.8. The summed E-state index contributed by atoms with van der Waals surface area (Å²) in [6.07, 6.45) is 0. The van der Waals surface area contributed by atoms with Crippen molar-refractivity contribution in [3.63, 3.8) is 0 Å². The van der Waals surface area contributed by atoms with Crippen molar-refractivity contribution in [3.05, 3.63) is 35.5 Å². The molecular formula is C19H25N5O3. The molecule has 27 heavy (non-hydrogen) atoms. The molecule has 1 N–H and O–H groups in total. The van der Waals surface area contributed by atoms with E-state index in [1.165, 1.54) is 0 Å². The zero-order valence-corrected chi connectivity index (χ0v) is 15.8. The highest BCUT2D eigenvalue weighted by molar-refractivity contribution is 6.04. The fourth-order valence-electron chi connectivity index (χ4n) is 3.43. The summed E-state index contributed by atoms with van der Waals surface area (Å²) < 4.78 is 12.5. The Kier molecular flexibility index (Phi) is 5.00. The number of nitrogens with one attached hydrogen (secondary N) is 1. The van der Waals surface area contributed by atoms with E-state index in [1.807, 2.05) is 18.2 Å². The van der Waals surface area contributed by atoms with Gasteiger partial charge in [0.05, 0.1) is 19.3 Å². The van der Waals surface area contributed by atoms with E-state index in [1.54, 1.807) is 17.9 Å². The van der Waals surface area contributed by atoms with E-state index in [4.69, 9.17) is 9.47 Å². The summed E-state index contributed by atoms with van der Waals surface area (Å²) in [5, 5.41) is 7.22. The number of ether oxygens (including phenoxy) is 2. The van der Waals surface area contributed by atoms with Crippen LogP contribution in [-0.2, 0) is 13.1 Å². The van der Waals surface area contributed by atoms with Crippen LogP contribution in [0.15, 0.2) is 24.3 Å². The molecule has 2 aromatic rings. The van der Waals surface area contributed by atoms with E-state index in [-0.39, 0.29) is 5.91 Å². The molecule has 0 saturated carbocycles. The molecule has 8 heteroatoms. The number of methoxy groups -OCH3 is 1. The Balaban J connectivity index is 1.47. The monoisotopic (exact) mass is 371 g/mol. The molecule has 0 radical (unpaired) electrons. The van der Waals surface area contributed by atoms with Crippen LogP contribution >= 0.6 is 0 Å². The summed E-state index contributed by atoms with van der Waals surface area (Å²) >= 11 is 0. The van der Waals surface area contributed by atoms with E-state index in [2.05, 4.69) is 27.3 Å². The average molecular weight is 371 g/mol. The van der Waals surface area contributed by atoms with Gasteiger partial charge in [-0.05, 0) is 24.7 Å². The number of fused-ring (bicyclic) bond motifs is 1. The van der Waals surface area contributed by atoms with Crippen molar-refractivity contribution in [2.45, 2.75) is 13.1 Å². The first-order valence-electron chi connectivity index (χ1n) is 9.22. The standard InChI is InChI=1S/C19H25N5O3/c1-22-5-7-23(8-6-22)13-14-3-4-17(26-2)15(11-14)20-19(25)16-12-18-24(21-16)9-10-27-18/h3-4,11-12H,5-10,13H2,1-2H3,(H,20,25). The lowest BCUT2D eigenvalue weighted by Gasteiger charge is -2.32. The van der Waals surface area contributed by atoms with Crippen LogP contribution in [0.3, 0.4) is 0 Å². The Morgan fingerprint density at radius 1 is 1.22 bits per heavy atom. The minimum absolute atomic E-state index is 0.268. The van der Waals surface area contributed by atoms with Crippen LogP contribution in [0.5, 0.6) is 11.6 Å². The van der Waals surface area contributed by atoms with Gasteiger partial charge in [-0.15, -0.1) is 0 Å². The third kappa shape index (κ3) is 3.91. The van der Waals surface area contributed by atoms with E-state index >= 15 is 0 Å². The van der Waals surface area contributed by atoms with Crippen LogP contribution in [0, 0.1) is 0 Å². The smallest absolute Gasteiger partial charge is 0.276 e. The largest absolute Gasteiger partial charge is 0.495 e. The number of benzene rings is 1. The fraction of sp³-hybridized carbons (Fsp3) is 0.474. The maximum absolute atomic E-state index is 12.6. The number of hydrogen-bond acceptors (Lipinski definition) is 6. The number of hydrogen-bond donors (Lipinski definition) is 1. The van der Waals surface area contributed by atoms with Crippen molar-refractivity contribution >= 4 is 11.6 Å². The van der Waals surface area contributed by atoms with Crippen LogP contribution in [-0.4, -0.2) is 72.4 Å². The Bertz CT molecular complexity index is 805. The molecule has 0 unspecified atom stereocenters. The van der Waals surface area contributed by atoms with E-state index in [0.29, 0.717) is 36.2 Å². The molecular weight excluding hydrogens is 346 g/mol. The molecule has 1 aromatic carbocycles. The lowest BCUT2D eigenvalue weighted by atomic mass is 10.1. The molecule has 144 valence electrons. The minimum atomic E-state index is -0.268. The van der Waals surface area contributed by atoms with Gasteiger partial charge in [0, 0.05) is 38.8 Å². The highest BCUT2D eigenvalue weighted by atomic mass is 16.5. The third-order valence-electron chi connectivity index (χ3n) is 5.04. The van der Waals surface area contributed by atoms with Crippen molar-refractivity contribution in [2.75, 3.05) is 52.3 Å². The number of carbonyl (C=O) groups is 1. The van der Waals surface area contributed by atoms with Gasteiger partial charge in [0.25, 0.3) is 5.91 Å². The SMILES string of the molecule is COc1ccc(CN2CCN(C)CC2)cc1NC(=O)c1cc2n(n1)CCO2. The Morgan fingerprint density at radius 3 is 2.78 bits per heavy atom. The molecule has 0 spiro atoms. The lowest BCUT2D eigenvalue weighted by Crippen LogP contribution is -2.43.